The van der Waals surface area contributed by atoms with E-state index in [-0.39, 0.29) is 17.4 Å². The Labute approximate surface area is 219 Å². The first-order valence-electron chi connectivity index (χ1n) is 13.5. The maximum atomic E-state index is 13.9. The summed E-state index contributed by atoms with van der Waals surface area (Å²) in [5, 5.41) is 0. The van der Waals surface area contributed by atoms with Crippen molar-refractivity contribution in [2.45, 2.75) is 51.8 Å². The smallest absolute Gasteiger partial charge is 0.259 e. The molecule has 0 radical (unpaired) electrons. The summed E-state index contributed by atoms with van der Waals surface area (Å²) >= 11 is 0. The lowest BCUT2D eigenvalue weighted by atomic mass is 10.0. The molecule has 6 heteroatoms. The van der Waals surface area contributed by atoms with Gasteiger partial charge in [-0.3, -0.25) is 14.5 Å². The average Bonchev–Trinajstić information content (AvgIpc) is 3.44. The Morgan fingerprint density at radius 1 is 0.919 bits per heavy atom. The number of piperazine rings is 1. The number of aromatic nitrogens is 1. The molecule has 0 bridgehead atoms. The summed E-state index contributed by atoms with van der Waals surface area (Å²) in [6, 6.07) is 22.4. The number of hydrogen-bond donors (Lipinski definition) is 0. The van der Waals surface area contributed by atoms with E-state index in [4.69, 9.17) is 4.74 Å². The van der Waals surface area contributed by atoms with Gasteiger partial charge < -0.3 is 14.2 Å². The molecular formula is C31H37N3O3. The van der Waals surface area contributed by atoms with Crippen molar-refractivity contribution < 1.29 is 9.53 Å². The van der Waals surface area contributed by atoms with Gasteiger partial charge in [0.2, 0.25) is 0 Å². The average molecular weight is 500 g/mol. The topological polar surface area (TPSA) is 54.8 Å². The van der Waals surface area contributed by atoms with Gasteiger partial charge in [-0.05, 0) is 43.7 Å². The second-order valence-corrected chi connectivity index (χ2v) is 10.3. The van der Waals surface area contributed by atoms with Crippen molar-refractivity contribution in [1.82, 2.24) is 14.4 Å². The SMILES string of the molecule is Cc1cc(=O)c(C(=O)N2CCN(Cc3ccccc3)CC2)c(CCc2ccccc2)n1C[C@@H]1CCCO1. The van der Waals surface area contributed by atoms with Crippen molar-refractivity contribution >= 4 is 5.91 Å². The molecular weight excluding hydrogens is 462 g/mol. The molecule has 2 fully saturated rings. The molecule has 0 spiro atoms. The van der Waals surface area contributed by atoms with Crippen LogP contribution in [0.5, 0.6) is 0 Å². The first-order chi connectivity index (χ1) is 18.1. The number of pyridine rings is 1. The molecule has 0 saturated carbocycles. The molecule has 3 heterocycles. The van der Waals surface area contributed by atoms with E-state index in [0.717, 1.165) is 56.9 Å². The molecule has 2 aliphatic heterocycles. The molecule has 0 aliphatic carbocycles. The Hall–Kier alpha value is -3.22. The minimum Gasteiger partial charge on any atom is -0.376 e. The molecule has 1 atom stereocenters. The predicted molar refractivity (Wildman–Crippen MR) is 146 cm³/mol. The third kappa shape index (κ3) is 6.20. The quantitative estimate of drug-likeness (QED) is 0.469. The van der Waals surface area contributed by atoms with Crippen LogP contribution in [0.3, 0.4) is 0 Å². The number of hydrogen-bond acceptors (Lipinski definition) is 4. The first-order valence-corrected chi connectivity index (χ1v) is 13.5. The normalized spacial score (nSPS) is 18.3. The van der Waals surface area contributed by atoms with E-state index in [1.807, 2.05) is 36.1 Å². The number of ether oxygens (including phenoxy) is 1. The van der Waals surface area contributed by atoms with E-state index in [0.29, 0.717) is 31.6 Å². The lowest BCUT2D eigenvalue weighted by Gasteiger charge is -2.35. The molecule has 1 aromatic heterocycles. The molecule has 5 rings (SSSR count). The van der Waals surface area contributed by atoms with E-state index >= 15 is 0 Å². The predicted octanol–water partition coefficient (Wildman–Crippen LogP) is 4.08. The summed E-state index contributed by atoms with van der Waals surface area (Å²) in [4.78, 5) is 31.5. The van der Waals surface area contributed by atoms with Gasteiger partial charge in [0, 0.05) is 63.3 Å². The van der Waals surface area contributed by atoms with Crippen molar-refractivity contribution in [2.75, 3.05) is 32.8 Å². The Morgan fingerprint density at radius 3 is 2.24 bits per heavy atom. The van der Waals surface area contributed by atoms with Crippen molar-refractivity contribution in [1.29, 1.82) is 0 Å². The zero-order valence-electron chi connectivity index (χ0n) is 21.8. The van der Waals surface area contributed by atoms with Crippen LogP contribution in [0.15, 0.2) is 71.5 Å². The lowest BCUT2D eigenvalue weighted by Crippen LogP contribution is -2.49. The second-order valence-electron chi connectivity index (χ2n) is 10.3. The molecule has 37 heavy (non-hydrogen) atoms. The molecule has 2 saturated heterocycles. The minimum atomic E-state index is -0.166. The summed E-state index contributed by atoms with van der Waals surface area (Å²) in [6.45, 7) is 7.17. The van der Waals surface area contributed by atoms with E-state index in [1.165, 1.54) is 11.1 Å². The Kier molecular flexibility index (Phi) is 8.17. The van der Waals surface area contributed by atoms with Crippen LogP contribution < -0.4 is 5.43 Å². The maximum Gasteiger partial charge on any atom is 0.259 e. The number of rotatable bonds is 8. The number of carbonyl (C=O) groups is 1. The van der Waals surface area contributed by atoms with Gasteiger partial charge >= 0.3 is 0 Å². The fourth-order valence-electron chi connectivity index (χ4n) is 5.58. The highest BCUT2D eigenvalue weighted by atomic mass is 16.5. The molecule has 3 aromatic rings. The number of nitrogens with zero attached hydrogens (tertiary/aromatic N) is 3. The van der Waals surface area contributed by atoms with Gasteiger partial charge in [-0.25, -0.2) is 0 Å². The van der Waals surface area contributed by atoms with Crippen molar-refractivity contribution in [3.8, 4) is 0 Å². The summed E-state index contributed by atoms with van der Waals surface area (Å²) < 4.78 is 8.12. The number of benzene rings is 2. The highest BCUT2D eigenvalue weighted by molar-refractivity contribution is 5.95. The van der Waals surface area contributed by atoms with Crippen LogP contribution in [-0.2, 0) is 30.7 Å². The van der Waals surface area contributed by atoms with Gasteiger partial charge in [0.1, 0.15) is 5.56 Å². The minimum absolute atomic E-state index is 0.126. The van der Waals surface area contributed by atoms with Crippen molar-refractivity contribution in [3.63, 3.8) is 0 Å². The summed E-state index contributed by atoms with van der Waals surface area (Å²) in [5.41, 5.74) is 4.40. The first kappa shape index (κ1) is 25.4. The zero-order valence-corrected chi connectivity index (χ0v) is 21.8. The van der Waals surface area contributed by atoms with Crippen LogP contribution in [-0.4, -0.2) is 59.2 Å². The summed E-state index contributed by atoms with van der Waals surface area (Å²) in [7, 11) is 0. The number of carbonyl (C=O) groups excluding carboxylic acids is 1. The number of amides is 1. The molecule has 194 valence electrons. The van der Waals surface area contributed by atoms with Gasteiger partial charge in [0.15, 0.2) is 5.43 Å². The van der Waals surface area contributed by atoms with Gasteiger partial charge in [-0.2, -0.15) is 0 Å². The van der Waals surface area contributed by atoms with Gasteiger partial charge in [0.05, 0.1) is 6.10 Å². The van der Waals surface area contributed by atoms with Gasteiger partial charge in [-0.15, -0.1) is 0 Å². The summed E-state index contributed by atoms with van der Waals surface area (Å²) in [5.74, 6) is -0.131. The van der Waals surface area contributed by atoms with Crippen molar-refractivity contribution in [2.24, 2.45) is 0 Å². The molecule has 2 aromatic carbocycles. The van der Waals surface area contributed by atoms with Crippen LogP contribution in [0.4, 0.5) is 0 Å². The van der Waals surface area contributed by atoms with E-state index in [2.05, 4.69) is 45.9 Å². The fourth-order valence-corrected chi connectivity index (χ4v) is 5.58. The Bertz CT molecular complexity index is 1240. The van der Waals surface area contributed by atoms with Crippen LogP contribution in [0.25, 0.3) is 0 Å². The molecule has 6 nitrogen and oxygen atoms in total. The largest absolute Gasteiger partial charge is 0.376 e. The molecule has 0 unspecified atom stereocenters. The third-order valence-corrected chi connectivity index (χ3v) is 7.65. The second kappa shape index (κ2) is 11.9. The lowest BCUT2D eigenvalue weighted by molar-refractivity contribution is 0.0623. The third-order valence-electron chi connectivity index (χ3n) is 7.65. The molecule has 2 aliphatic rings. The van der Waals surface area contributed by atoms with E-state index in [9.17, 15) is 9.59 Å². The number of aryl methyl sites for hydroxylation is 2. The maximum absolute atomic E-state index is 13.9. The van der Waals surface area contributed by atoms with Gasteiger partial charge in [-0.1, -0.05) is 60.7 Å². The van der Waals surface area contributed by atoms with Crippen LogP contribution >= 0.6 is 0 Å². The van der Waals surface area contributed by atoms with Crippen LogP contribution in [0.2, 0.25) is 0 Å². The molecule has 1 amide bonds. The Balaban J connectivity index is 1.38. The summed E-state index contributed by atoms with van der Waals surface area (Å²) in [6.07, 6.45) is 3.61. The van der Waals surface area contributed by atoms with Crippen LogP contribution in [0.1, 0.15) is 45.7 Å². The van der Waals surface area contributed by atoms with Crippen molar-refractivity contribution in [3.05, 3.63) is 105 Å². The van der Waals surface area contributed by atoms with E-state index in [1.54, 1.807) is 6.07 Å². The standard InChI is InChI=1S/C31H37N3O3/c1-24-21-29(35)30(31(36)33-18-16-32(17-19-33)22-26-11-6-3-7-12-26)28(15-14-25-9-4-2-5-10-25)34(24)23-27-13-8-20-37-27/h2-7,9-12,21,27H,8,13-20,22-23H2,1H3/t27-/m0/s1. The monoisotopic (exact) mass is 499 g/mol. The van der Waals surface area contributed by atoms with Crippen LogP contribution in [0, 0.1) is 6.92 Å². The molecule has 0 N–H and O–H groups in total. The Morgan fingerprint density at radius 2 is 1.59 bits per heavy atom. The highest BCUT2D eigenvalue weighted by Gasteiger charge is 2.28. The van der Waals surface area contributed by atoms with E-state index < -0.39 is 0 Å². The fraction of sp³-hybridized carbons (Fsp3) is 0.419. The van der Waals surface area contributed by atoms with Gasteiger partial charge in [0.25, 0.3) is 5.91 Å². The zero-order chi connectivity index (χ0) is 25.6. The highest BCUT2D eigenvalue weighted by Crippen LogP contribution is 2.21.